The molecule has 3 heterocycles. The van der Waals surface area contributed by atoms with Crippen molar-refractivity contribution in [1.82, 2.24) is 24.0 Å². The predicted molar refractivity (Wildman–Crippen MR) is 128 cm³/mol. The summed E-state index contributed by atoms with van der Waals surface area (Å²) in [5.74, 6) is 1.54. The van der Waals surface area contributed by atoms with E-state index in [1.165, 1.54) is 0 Å². The van der Waals surface area contributed by atoms with Crippen molar-refractivity contribution in [2.24, 2.45) is 18.9 Å². The maximum absolute atomic E-state index is 13.2. The number of anilines is 1. The van der Waals surface area contributed by atoms with Gasteiger partial charge in [0.2, 0.25) is 5.91 Å². The highest BCUT2D eigenvalue weighted by atomic mass is 16.2. The lowest BCUT2D eigenvalue weighted by Gasteiger charge is -2.38. The first-order chi connectivity index (χ1) is 16.5. The van der Waals surface area contributed by atoms with Crippen LogP contribution >= 0.6 is 0 Å². The van der Waals surface area contributed by atoms with Gasteiger partial charge in [-0.2, -0.15) is 5.26 Å². The Balaban J connectivity index is 1.18. The van der Waals surface area contributed by atoms with Crippen molar-refractivity contribution >= 4 is 22.8 Å². The topological polar surface area (TPSA) is 100 Å². The van der Waals surface area contributed by atoms with Crippen LogP contribution in [0.4, 0.5) is 5.82 Å². The van der Waals surface area contributed by atoms with Crippen LogP contribution in [0.1, 0.15) is 31.2 Å². The third-order valence-electron chi connectivity index (χ3n) is 7.38. The second-order valence-electron chi connectivity index (χ2n) is 9.36. The van der Waals surface area contributed by atoms with Crippen molar-refractivity contribution in [1.29, 1.82) is 5.26 Å². The number of carbonyl (C=O) groups excluding carboxylic acids is 1. The Labute approximate surface area is 198 Å². The number of fused-ring (bicyclic) bond motifs is 1. The van der Waals surface area contributed by atoms with E-state index in [1.807, 2.05) is 11.0 Å². The molecule has 9 heteroatoms. The zero-order valence-electron chi connectivity index (χ0n) is 19.4. The molecule has 1 aliphatic heterocycles. The summed E-state index contributed by atoms with van der Waals surface area (Å²) in [6, 6.07) is 7.55. The monoisotopic (exact) mass is 459 g/mol. The molecule has 1 aromatic carbocycles. The minimum Gasteiger partial charge on any atom is -0.352 e. The van der Waals surface area contributed by atoms with Gasteiger partial charge in [-0.15, -0.1) is 0 Å². The highest BCUT2D eigenvalue weighted by Crippen LogP contribution is 2.32. The Morgan fingerprint density at radius 3 is 2.53 bits per heavy atom. The third-order valence-corrected chi connectivity index (χ3v) is 7.38. The van der Waals surface area contributed by atoms with Gasteiger partial charge in [-0.05, 0) is 49.8 Å². The molecule has 0 atom stereocenters. The predicted octanol–water partition coefficient (Wildman–Crippen LogP) is 2.16. The maximum atomic E-state index is 13.2. The molecule has 0 spiro atoms. The lowest BCUT2D eigenvalue weighted by atomic mass is 9.81. The van der Waals surface area contributed by atoms with Crippen LogP contribution in [0.15, 0.2) is 41.6 Å². The van der Waals surface area contributed by atoms with Crippen molar-refractivity contribution < 1.29 is 4.79 Å². The van der Waals surface area contributed by atoms with Gasteiger partial charge in [0, 0.05) is 58.1 Å². The molecule has 1 aliphatic carbocycles. The van der Waals surface area contributed by atoms with Crippen molar-refractivity contribution in [2.45, 2.75) is 32.2 Å². The van der Waals surface area contributed by atoms with E-state index < -0.39 is 0 Å². The number of hydrogen-bond donors (Lipinski definition) is 0. The number of aryl methyl sites for hydroxylation is 1. The zero-order valence-corrected chi connectivity index (χ0v) is 19.4. The molecular formula is C25H29N7O2. The number of amides is 1. The first-order valence-corrected chi connectivity index (χ1v) is 11.9. The largest absolute Gasteiger partial charge is 0.352 e. The molecule has 0 N–H and O–H groups in total. The molecule has 176 valence electrons. The average Bonchev–Trinajstić information content (AvgIpc) is 3.13. The quantitative estimate of drug-likeness (QED) is 0.593. The van der Waals surface area contributed by atoms with Crippen LogP contribution in [0.25, 0.3) is 11.0 Å². The molecule has 0 radical (unpaired) electrons. The van der Waals surface area contributed by atoms with Gasteiger partial charge in [0.15, 0.2) is 0 Å². The molecule has 2 aromatic heterocycles. The highest BCUT2D eigenvalue weighted by Gasteiger charge is 2.32. The second kappa shape index (κ2) is 9.29. The van der Waals surface area contributed by atoms with E-state index in [4.69, 9.17) is 0 Å². The Morgan fingerprint density at radius 2 is 1.85 bits per heavy atom. The normalized spacial score (nSPS) is 20.9. The Kier molecular flexibility index (Phi) is 6.05. The summed E-state index contributed by atoms with van der Waals surface area (Å²) in [7, 11) is 1.77. The summed E-state index contributed by atoms with van der Waals surface area (Å²) >= 11 is 0. The Bertz CT molecular complexity index is 1270. The fourth-order valence-electron chi connectivity index (χ4n) is 5.38. The molecular weight excluding hydrogens is 430 g/mol. The van der Waals surface area contributed by atoms with E-state index in [-0.39, 0.29) is 17.5 Å². The van der Waals surface area contributed by atoms with Gasteiger partial charge >= 0.3 is 5.69 Å². The molecule has 2 fully saturated rings. The zero-order chi connectivity index (χ0) is 23.7. The number of piperazine rings is 1. The number of rotatable bonds is 4. The number of aromatic nitrogens is 4. The summed E-state index contributed by atoms with van der Waals surface area (Å²) in [5, 5.41) is 9.26. The number of imidazole rings is 1. The highest BCUT2D eigenvalue weighted by molar-refractivity contribution is 5.79. The van der Waals surface area contributed by atoms with Crippen molar-refractivity contribution in [3.63, 3.8) is 0 Å². The van der Waals surface area contributed by atoms with Crippen LogP contribution in [-0.2, 0) is 18.4 Å². The van der Waals surface area contributed by atoms with E-state index in [1.54, 1.807) is 46.9 Å². The number of carbonyl (C=O) groups is 1. The van der Waals surface area contributed by atoms with Gasteiger partial charge in [0.25, 0.3) is 0 Å². The molecule has 34 heavy (non-hydrogen) atoms. The average molecular weight is 460 g/mol. The van der Waals surface area contributed by atoms with Gasteiger partial charge < -0.3 is 9.80 Å². The van der Waals surface area contributed by atoms with Crippen LogP contribution in [0.5, 0.6) is 0 Å². The summed E-state index contributed by atoms with van der Waals surface area (Å²) < 4.78 is 3.45. The van der Waals surface area contributed by atoms with Crippen molar-refractivity contribution in [2.75, 3.05) is 31.1 Å². The number of nitrogens with zero attached hydrogens (tertiary/aromatic N) is 7. The van der Waals surface area contributed by atoms with Crippen LogP contribution in [-0.4, -0.2) is 56.1 Å². The van der Waals surface area contributed by atoms with E-state index in [2.05, 4.69) is 20.9 Å². The fourth-order valence-corrected chi connectivity index (χ4v) is 5.38. The lowest BCUT2D eigenvalue weighted by Crippen LogP contribution is -2.51. The Hall–Kier alpha value is -3.67. The first kappa shape index (κ1) is 22.1. The minimum absolute atomic E-state index is 0.0516. The van der Waals surface area contributed by atoms with Crippen molar-refractivity contribution in [3.8, 4) is 6.07 Å². The Morgan fingerprint density at radius 1 is 1.09 bits per heavy atom. The SMILES string of the molecule is Cn1c(=O)n(CC2CCC(C(=O)N3CCN(c4cnccn4)CC3)CC2)c2cc(C#N)ccc21. The molecule has 0 bridgehead atoms. The number of hydrogen-bond acceptors (Lipinski definition) is 6. The lowest BCUT2D eigenvalue weighted by molar-refractivity contribution is -0.137. The molecule has 0 unspecified atom stereocenters. The second-order valence-corrected chi connectivity index (χ2v) is 9.36. The molecule has 2 aliphatic rings. The smallest absolute Gasteiger partial charge is 0.328 e. The van der Waals surface area contributed by atoms with Crippen LogP contribution in [0.3, 0.4) is 0 Å². The molecule has 1 saturated heterocycles. The fraction of sp³-hybridized carbons (Fsp3) is 0.480. The standard InChI is InChI=1S/C25H29N7O2/c1-29-21-7-4-19(15-26)14-22(21)32(25(29)34)17-18-2-5-20(6-3-18)24(33)31-12-10-30(11-13-31)23-16-27-8-9-28-23/h4,7-9,14,16,18,20H,2-3,5-6,10-13,17H2,1H3. The maximum Gasteiger partial charge on any atom is 0.328 e. The number of benzene rings is 1. The minimum atomic E-state index is -0.0516. The van der Waals surface area contributed by atoms with Gasteiger partial charge in [-0.1, -0.05) is 0 Å². The summed E-state index contributed by atoms with van der Waals surface area (Å²) in [5.41, 5.74) is 2.16. The van der Waals surface area contributed by atoms with E-state index in [9.17, 15) is 14.9 Å². The van der Waals surface area contributed by atoms with Crippen LogP contribution in [0, 0.1) is 23.2 Å². The van der Waals surface area contributed by atoms with E-state index in [0.717, 1.165) is 55.6 Å². The van der Waals surface area contributed by atoms with Gasteiger partial charge in [0.05, 0.1) is 28.9 Å². The summed E-state index contributed by atoms with van der Waals surface area (Å²) in [6.45, 7) is 3.59. The van der Waals surface area contributed by atoms with E-state index >= 15 is 0 Å². The van der Waals surface area contributed by atoms with Gasteiger partial charge in [0.1, 0.15) is 5.82 Å². The summed E-state index contributed by atoms with van der Waals surface area (Å²) in [6.07, 6.45) is 8.70. The first-order valence-electron chi connectivity index (χ1n) is 11.9. The van der Waals surface area contributed by atoms with Gasteiger partial charge in [-0.25, -0.2) is 9.78 Å². The third kappa shape index (κ3) is 4.16. The molecule has 9 nitrogen and oxygen atoms in total. The molecule has 3 aromatic rings. The van der Waals surface area contributed by atoms with Crippen LogP contribution in [0.2, 0.25) is 0 Å². The summed E-state index contributed by atoms with van der Waals surface area (Å²) in [4.78, 5) is 38.7. The van der Waals surface area contributed by atoms with Crippen LogP contribution < -0.4 is 10.6 Å². The van der Waals surface area contributed by atoms with E-state index in [0.29, 0.717) is 31.1 Å². The number of nitriles is 1. The molecule has 1 saturated carbocycles. The molecule has 5 rings (SSSR count). The van der Waals surface area contributed by atoms with Crippen molar-refractivity contribution in [3.05, 3.63) is 52.8 Å². The molecule has 1 amide bonds. The van der Waals surface area contributed by atoms with Gasteiger partial charge in [-0.3, -0.25) is 18.9 Å².